The lowest BCUT2D eigenvalue weighted by molar-refractivity contribution is -0.144. The molecule has 0 radical (unpaired) electrons. The third-order valence-electron chi connectivity index (χ3n) is 4.52. The number of nitrogens with two attached hydrogens (primary N) is 1. The molecule has 0 aromatic heterocycles. The zero-order valence-corrected chi connectivity index (χ0v) is 17.4. The van der Waals surface area contributed by atoms with Crippen LogP contribution in [-0.4, -0.2) is 37.6 Å². The molecule has 0 saturated carbocycles. The molecule has 3 N–H and O–H groups in total. The van der Waals surface area contributed by atoms with Crippen molar-refractivity contribution in [2.75, 3.05) is 19.5 Å². The molecule has 0 bridgehead atoms. The Morgan fingerprint density at radius 1 is 1.00 bits per heavy atom. The van der Waals surface area contributed by atoms with Crippen LogP contribution in [0.2, 0.25) is 0 Å². The fourth-order valence-electron chi connectivity index (χ4n) is 3.05. The third-order valence-corrected chi connectivity index (χ3v) is 4.52. The molecule has 0 aliphatic heterocycles. The highest BCUT2D eigenvalue weighted by Crippen LogP contribution is 2.22. The summed E-state index contributed by atoms with van der Waals surface area (Å²) < 4.78 is 9.57. The van der Waals surface area contributed by atoms with Crippen molar-refractivity contribution in [3.63, 3.8) is 0 Å². The minimum absolute atomic E-state index is 0.000363. The summed E-state index contributed by atoms with van der Waals surface area (Å²) in [6, 6.07) is 15.0. The van der Waals surface area contributed by atoms with Crippen molar-refractivity contribution in [3.8, 4) is 11.1 Å². The number of ether oxygens (including phenoxy) is 2. The van der Waals surface area contributed by atoms with E-state index in [2.05, 4.69) is 10.1 Å². The molecular weight excluding hydrogens is 384 g/mol. The molecule has 2 aromatic rings. The Labute approximate surface area is 176 Å². The van der Waals surface area contributed by atoms with E-state index in [0.717, 1.165) is 16.7 Å². The number of carbonyl (C=O) groups excluding carboxylic acids is 3. The van der Waals surface area contributed by atoms with Crippen molar-refractivity contribution >= 4 is 23.5 Å². The van der Waals surface area contributed by atoms with Gasteiger partial charge in [-0.1, -0.05) is 36.4 Å². The molecule has 2 rings (SSSR count). The van der Waals surface area contributed by atoms with Gasteiger partial charge in [0, 0.05) is 18.2 Å². The molecule has 7 heteroatoms. The SMILES string of the molecule is CCOC(=O)CC(Cc1ccc(-c2cccc(N)c2)cc1)NC(=O)CCC(=O)OC. The molecule has 160 valence electrons. The molecule has 1 amide bonds. The quantitative estimate of drug-likeness (QED) is 0.459. The van der Waals surface area contributed by atoms with Crippen LogP contribution in [0.4, 0.5) is 5.69 Å². The second-order valence-electron chi connectivity index (χ2n) is 6.88. The topological polar surface area (TPSA) is 108 Å². The molecule has 0 aliphatic carbocycles. The Kier molecular flexibility index (Phi) is 8.87. The van der Waals surface area contributed by atoms with Crippen LogP contribution in [0.5, 0.6) is 0 Å². The highest BCUT2D eigenvalue weighted by molar-refractivity contribution is 5.82. The summed E-state index contributed by atoms with van der Waals surface area (Å²) in [6.07, 6.45) is 0.499. The average Bonchev–Trinajstić information content (AvgIpc) is 2.72. The molecule has 0 spiro atoms. The lowest BCUT2D eigenvalue weighted by atomic mass is 9.99. The first-order valence-corrected chi connectivity index (χ1v) is 9.88. The fraction of sp³-hybridized carbons (Fsp3) is 0.348. The Morgan fingerprint density at radius 2 is 1.73 bits per heavy atom. The molecule has 0 heterocycles. The molecule has 2 aromatic carbocycles. The monoisotopic (exact) mass is 412 g/mol. The molecule has 1 atom stereocenters. The van der Waals surface area contributed by atoms with E-state index in [1.54, 1.807) is 6.92 Å². The molecule has 0 fully saturated rings. The normalized spacial score (nSPS) is 11.4. The van der Waals surface area contributed by atoms with Crippen molar-refractivity contribution in [1.82, 2.24) is 5.32 Å². The number of hydrogen-bond donors (Lipinski definition) is 2. The second-order valence-corrected chi connectivity index (χ2v) is 6.88. The van der Waals surface area contributed by atoms with Gasteiger partial charge in [0.05, 0.1) is 26.6 Å². The minimum atomic E-state index is -0.454. The van der Waals surface area contributed by atoms with Crippen LogP contribution in [0.1, 0.15) is 31.7 Å². The largest absolute Gasteiger partial charge is 0.469 e. The van der Waals surface area contributed by atoms with Crippen molar-refractivity contribution < 1.29 is 23.9 Å². The van der Waals surface area contributed by atoms with Gasteiger partial charge in [-0.15, -0.1) is 0 Å². The van der Waals surface area contributed by atoms with E-state index in [9.17, 15) is 14.4 Å². The second kappa shape index (κ2) is 11.6. The van der Waals surface area contributed by atoms with Gasteiger partial charge in [0.1, 0.15) is 0 Å². The summed E-state index contributed by atoms with van der Waals surface area (Å²) in [6.45, 7) is 2.01. The Balaban J connectivity index is 2.05. The van der Waals surface area contributed by atoms with Gasteiger partial charge < -0.3 is 20.5 Å². The predicted octanol–water partition coefficient (Wildman–Crippen LogP) is 2.87. The van der Waals surface area contributed by atoms with Gasteiger partial charge in [0.15, 0.2) is 0 Å². The standard InChI is InChI=1S/C23H28N2O5/c1-3-30-23(28)15-20(25-21(26)11-12-22(27)29-2)13-16-7-9-17(10-8-16)18-5-4-6-19(24)14-18/h4-10,14,20H,3,11-13,15,24H2,1-2H3,(H,25,26). The number of carbonyl (C=O) groups is 3. The van der Waals surface area contributed by atoms with E-state index in [-0.39, 0.29) is 37.7 Å². The van der Waals surface area contributed by atoms with Crippen LogP contribution < -0.4 is 11.1 Å². The van der Waals surface area contributed by atoms with E-state index in [0.29, 0.717) is 12.1 Å². The summed E-state index contributed by atoms with van der Waals surface area (Å²) in [5, 5.41) is 2.82. The summed E-state index contributed by atoms with van der Waals surface area (Å²) >= 11 is 0. The van der Waals surface area contributed by atoms with Gasteiger partial charge in [-0.2, -0.15) is 0 Å². The van der Waals surface area contributed by atoms with Crippen LogP contribution in [0.15, 0.2) is 48.5 Å². The first kappa shape index (κ1) is 22.9. The smallest absolute Gasteiger partial charge is 0.307 e. The van der Waals surface area contributed by atoms with Crippen molar-refractivity contribution in [1.29, 1.82) is 0 Å². The Hall–Kier alpha value is -3.35. The first-order chi connectivity index (χ1) is 14.4. The molecule has 0 saturated heterocycles. The summed E-state index contributed by atoms with van der Waals surface area (Å²) in [5.41, 5.74) is 9.54. The highest BCUT2D eigenvalue weighted by Gasteiger charge is 2.19. The molecule has 0 aliphatic rings. The third kappa shape index (κ3) is 7.58. The number of anilines is 1. The fourth-order valence-corrected chi connectivity index (χ4v) is 3.05. The first-order valence-electron chi connectivity index (χ1n) is 9.88. The predicted molar refractivity (Wildman–Crippen MR) is 114 cm³/mol. The number of methoxy groups -OCH3 is 1. The Bertz CT molecular complexity index is 864. The Morgan fingerprint density at radius 3 is 2.37 bits per heavy atom. The maximum Gasteiger partial charge on any atom is 0.307 e. The number of amides is 1. The molecule has 1 unspecified atom stereocenters. The van der Waals surface area contributed by atoms with Crippen molar-refractivity contribution in [2.45, 2.75) is 38.6 Å². The summed E-state index contributed by atoms with van der Waals surface area (Å²) in [7, 11) is 1.28. The summed E-state index contributed by atoms with van der Waals surface area (Å²) in [4.78, 5) is 35.4. The lowest BCUT2D eigenvalue weighted by Gasteiger charge is -2.18. The summed E-state index contributed by atoms with van der Waals surface area (Å²) in [5.74, 6) is -1.15. The van der Waals surface area contributed by atoms with Crippen LogP contribution >= 0.6 is 0 Å². The number of hydrogen-bond acceptors (Lipinski definition) is 6. The molecule has 7 nitrogen and oxygen atoms in total. The van der Waals surface area contributed by atoms with Gasteiger partial charge in [-0.3, -0.25) is 14.4 Å². The molecule has 30 heavy (non-hydrogen) atoms. The number of nitrogen functional groups attached to an aromatic ring is 1. The van der Waals surface area contributed by atoms with E-state index >= 15 is 0 Å². The highest BCUT2D eigenvalue weighted by atomic mass is 16.5. The number of esters is 2. The van der Waals surface area contributed by atoms with E-state index < -0.39 is 12.0 Å². The zero-order chi connectivity index (χ0) is 21.9. The maximum atomic E-state index is 12.2. The van der Waals surface area contributed by atoms with Gasteiger partial charge >= 0.3 is 11.9 Å². The number of benzene rings is 2. The van der Waals surface area contributed by atoms with E-state index in [4.69, 9.17) is 10.5 Å². The minimum Gasteiger partial charge on any atom is -0.469 e. The lowest BCUT2D eigenvalue weighted by Crippen LogP contribution is -2.38. The van der Waals surface area contributed by atoms with Crippen LogP contribution in [0.25, 0.3) is 11.1 Å². The van der Waals surface area contributed by atoms with Gasteiger partial charge in [-0.05, 0) is 42.2 Å². The van der Waals surface area contributed by atoms with E-state index in [1.807, 2.05) is 48.5 Å². The number of rotatable bonds is 10. The van der Waals surface area contributed by atoms with Gasteiger partial charge in [0.2, 0.25) is 5.91 Å². The van der Waals surface area contributed by atoms with Crippen LogP contribution in [0, 0.1) is 0 Å². The van der Waals surface area contributed by atoms with Gasteiger partial charge in [0.25, 0.3) is 0 Å². The molecular formula is C23H28N2O5. The maximum absolute atomic E-state index is 12.2. The number of nitrogens with one attached hydrogen (secondary N) is 1. The average molecular weight is 412 g/mol. The van der Waals surface area contributed by atoms with Crippen LogP contribution in [0.3, 0.4) is 0 Å². The van der Waals surface area contributed by atoms with E-state index in [1.165, 1.54) is 7.11 Å². The van der Waals surface area contributed by atoms with Crippen molar-refractivity contribution in [3.05, 3.63) is 54.1 Å². The zero-order valence-electron chi connectivity index (χ0n) is 17.4. The van der Waals surface area contributed by atoms with Crippen LogP contribution in [-0.2, 0) is 30.3 Å². The van der Waals surface area contributed by atoms with Gasteiger partial charge in [-0.25, -0.2) is 0 Å². The van der Waals surface area contributed by atoms with Crippen molar-refractivity contribution in [2.24, 2.45) is 0 Å².